The van der Waals surface area contributed by atoms with E-state index in [1.165, 1.54) is 25.3 Å². The van der Waals surface area contributed by atoms with Crippen LogP contribution in [0.5, 0.6) is 11.5 Å². The molecule has 0 heterocycles. The summed E-state index contributed by atoms with van der Waals surface area (Å²) in [5.74, 6) is -2.09. The molecule has 0 unspecified atom stereocenters. The summed E-state index contributed by atoms with van der Waals surface area (Å²) >= 11 is 0. The number of hydrogen-bond donors (Lipinski definition) is 0. The Bertz CT molecular complexity index is 1190. The smallest absolute Gasteiger partial charge is 0.201 e. The van der Waals surface area contributed by atoms with Crippen molar-refractivity contribution in [3.8, 4) is 33.8 Å². The summed E-state index contributed by atoms with van der Waals surface area (Å²) in [6, 6.07) is 23.3. The van der Waals surface area contributed by atoms with Crippen LogP contribution in [0.15, 0.2) is 84.9 Å². The van der Waals surface area contributed by atoms with E-state index < -0.39 is 11.6 Å². The van der Waals surface area contributed by atoms with Gasteiger partial charge in [-0.25, -0.2) is 8.78 Å². The summed E-state index contributed by atoms with van der Waals surface area (Å²) in [5.41, 5.74) is 2.64. The maximum Gasteiger partial charge on any atom is 0.201 e. The third-order valence-corrected chi connectivity index (χ3v) is 4.97. The average molecular weight is 420 g/mol. The molecule has 0 aromatic heterocycles. The number of rotatable bonds is 6. The first-order valence-corrected chi connectivity index (χ1v) is 9.66. The van der Waals surface area contributed by atoms with Crippen LogP contribution in [0, 0.1) is 17.5 Å². The molecule has 0 atom stereocenters. The molecule has 0 aliphatic rings. The van der Waals surface area contributed by atoms with Gasteiger partial charge in [-0.1, -0.05) is 54.6 Å². The quantitative estimate of drug-likeness (QED) is 0.334. The van der Waals surface area contributed by atoms with Gasteiger partial charge in [0.2, 0.25) is 5.82 Å². The zero-order valence-electron chi connectivity index (χ0n) is 16.7. The molecular formula is C26H19F3O2. The van der Waals surface area contributed by atoms with Crippen LogP contribution in [-0.2, 0) is 6.61 Å². The summed E-state index contributed by atoms with van der Waals surface area (Å²) in [7, 11) is 1.48. The van der Waals surface area contributed by atoms with Crippen molar-refractivity contribution >= 4 is 0 Å². The first-order valence-electron chi connectivity index (χ1n) is 9.66. The fourth-order valence-electron chi connectivity index (χ4n) is 3.28. The van der Waals surface area contributed by atoms with Gasteiger partial charge in [-0.15, -0.1) is 0 Å². The van der Waals surface area contributed by atoms with E-state index in [0.29, 0.717) is 22.4 Å². The molecule has 4 rings (SSSR count). The summed E-state index contributed by atoms with van der Waals surface area (Å²) in [6.07, 6.45) is 0. The van der Waals surface area contributed by atoms with Crippen LogP contribution in [0.1, 0.15) is 5.56 Å². The predicted molar refractivity (Wildman–Crippen MR) is 115 cm³/mol. The zero-order valence-corrected chi connectivity index (χ0v) is 16.7. The SMILES string of the molecule is COc1ccc(-c2ccc(COc3ccc(-c4ccccc4)c(F)c3F)cc2)c(F)c1. The van der Waals surface area contributed by atoms with E-state index >= 15 is 0 Å². The summed E-state index contributed by atoms with van der Waals surface area (Å²) in [4.78, 5) is 0. The van der Waals surface area contributed by atoms with E-state index in [-0.39, 0.29) is 23.7 Å². The number of methoxy groups -OCH3 is 1. The van der Waals surface area contributed by atoms with Crippen molar-refractivity contribution in [2.24, 2.45) is 0 Å². The number of benzene rings is 4. The van der Waals surface area contributed by atoms with Crippen LogP contribution in [0.4, 0.5) is 13.2 Å². The van der Waals surface area contributed by atoms with Gasteiger partial charge in [0.25, 0.3) is 0 Å². The maximum absolute atomic E-state index is 14.5. The minimum atomic E-state index is -1.03. The summed E-state index contributed by atoms with van der Waals surface area (Å²) < 4.78 is 53.7. The molecule has 0 radical (unpaired) electrons. The molecule has 5 heteroatoms. The lowest BCUT2D eigenvalue weighted by molar-refractivity contribution is 0.285. The van der Waals surface area contributed by atoms with Gasteiger partial charge in [-0.3, -0.25) is 0 Å². The van der Waals surface area contributed by atoms with Gasteiger partial charge in [0.1, 0.15) is 18.2 Å². The third kappa shape index (κ3) is 4.40. The summed E-state index contributed by atoms with van der Waals surface area (Å²) in [6.45, 7) is 0.0480. The van der Waals surface area contributed by atoms with Gasteiger partial charge in [0, 0.05) is 17.2 Å². The molecule has 2 nitrogen and oxygen atoms in total. The number of halogens is 3. The van der Waals surface area contributed by atoms with E-state index in [1.807, 2.05) is 6.07 Å². The van der Waals surface area contributed by atoms with Gasteiger partial charge >= 0.3 is 0 Å². The van der Waals surface area contributed by atoms with E-state index in [0.717, 1.165) is 5.56 Å². The van der Waals surface area contributed by atoms with Crippen LogP contribution in [0.3, 0.4) is 0 Å². The van der Waals surface area contributed by atoms with E-state index in [2.05, 4.69) is 0 Å². The molecule has 0 aliphatic heterocycles. The topological polar surface area (TPSA) is 18.5 Å². The monoisotopic (exact) mass is 420 g/mol. The molecular weight excluding hydrogens is 401 g/mol. The lowest BCUT2D eigenvalue weighted by Crippen LogP contribution is -2.00. The fourth-order valence-corrected chi connectivity index (χ4v) is 3.28. The Labute approximate surface area is 178 Å². The first kappa shape index (κ1) is 20.5. The Balaban J connectivity index is 1.48. The average Bonchev–Trinajstić information content (AvgIpc) is 2.81. The van der Waals surface area contributed by atoms with Crippen LogP contribution in [0.2, 0.25) is 0 Å². The van der Waals surface area contributed by atoms with Crippen LogP contribution in [0.25, 0.3) is 22.3 Å². The second-order valence-corrected chi connectivity index (χ2v) is 6.94. The molecule has 0 saturated carbocycles. The third-order valence-electron chi connectivity index (χ3n) is 4.97. The maximum atomic E-state index is 14.5. The number of ether oxygens (including phenoxy) is 2. The Morgan fingerprint density at radius 3 is 2.03 bits per heavy atom. The number of hydrogen-bond acceptors (Lipinski definition) is 2. The molecule has 0 N–H and O–H groups in total. The largest absolute Gasteiger partial charge is 0.497 e. The zero-order chi connectivity index (χ0) is 21.8. The van der Waals surface area contributed by atoms with E-state index in [4.69, 9.17) is 9.47 Å². The minimum absolute atomic E-state index is 0.0480. The van der Waals surface area contributed by atoms with Crippen molar-refractivity contribution in [1.29, 1.82) is 0 Å². The molecule has 4 aromatic rings. The van der Waals surface area contributed by atoms with Crippen molar-refractivity contribution in [2.75, 3.05) is 7.11 Å². The van der Waals surface area contributed by atoms with Gasteiger partial charge in [-0.2, -0.15) is 4.39 Å². The highest BCUT2D eigenvalue weighted by molar-refractivity contribution is 5.66. The van der Waals surface area contributed by atoms with Crippen LogP contribution < -0.4 is 9.47 Å². The second kappa shape index (κ2) is 8.96. The highest BCUT2D eigenvalue weighted by Crippen LogP contribution is 2.31. The lowest BCUT2D eigenvalue weighted by atomic mass is 10.0. The van der Waals surface area contributed by atoms with Gasteiger partial charge in [0.05, 0.1) is 7.11 Å². The molecule has 0 bridgehead atoms. The fraction of sp³-hybridized carbons (Fsp3) is 0.0769. The van der Waals surface area contributed by atoms with Crippen molar-refractivity contribution < 1.29 is 22.6 Å². The van der Waals surface area contributed by atoms with Crippen molar-refractivity contribution in [3.05, 3.63) is 108 Å². The standard InChI is InChI=1S/C26H19F3O2/c1-30-20-11-12-21(23(27)15-20)19-9-7-17(8-10-19)16-31-24-14-13-22(25(28)26(24)29)18-5-3-2-4-6-18/h2-15H,16H2,1H3. The van der Waals surface area contributed by atoms with Gasteiger partial charge in [-0.05, 0) is 41.0 Å². The molecule has 0 saturated heterocycles. The molecule has 156 valence electrons. The molecule has 0 amide bonds. The predicted octanol–water partition coefficient (Wildman–Crippen LogP) is 7.03. The van der Waals surface area contributed by atoms with Gasteiger partial charge in [0.15, 0.2) is 11.6 Å². The minimum Gasteiger partial charge on any atom is -0.497 e. The normalized spacial score (nSPS) is 10.7. The van der Waals surface area contributed by atoms with Crippen molar-refractivity contribution in [3.63, 3.8) is 0 Å². The van der Waals surface area contributed by atoms with Crippen molar-refractivity contribution in [1.82, 2.24) is 0 Å². The molecule has 0 fully saturated rings. The lowest BCUT2D eigenvalue weighted by Gasteiger charge is -2.11. The highest BCUT2D eigenvalue weighted by atomic mass is 19.2. The molecule has 31 heavy (non-hydrogen) atoms. The van der Waals surface area contributed by atoms with E-state index in [1.54, 1.807) is 60.7 Å². The Morgan fingerprint density at radius 2 is 1.35 bits per heavy atom. The Kier molecular flexibility index (Phi) is 5.94. The second-order valence-electron chi connectivity index (χ2n) is 6.94. The summed E-state index contributed by atoms with van der Waals surface area (Å²) in [5, 5.41) is 0. The molecule has 0 aliphatic carbocycles. The Hall–Kier alpha value is -3.73. The Morgan fingerprint density at radius 1 is 0.677 bits per heavy atom. The molecule has 4 aromatic carbocycles. The van der Waals surface area contributed by atoms with Crippen molar-refractivity contribution in [2.45, 2.75) is 6.61 Å². The molecule has 0 spiro atoms. The van der Waals surface area contributed by atoms with Crippen LogP contribution in [-0.4, -0.2) is 7.11 Å². The first-order chi connectivity index (χ1) is 15.1. The highest BCUT2D eigenvalue weighted by Gasteiger charge is 2.16. The van der Waals surface area contributed by atoms with Crippen LogP contribution >= 0.6 is 0 Å². The van der Waals surface area contributed by atoms with Gasteiger partial charge < -0.3 is 9.47 Å². The van der Waals surface area contributed by atoms with E-state index in [9.17, 15) is 13.2 Å².